The topological polar surface area (TPSA) is 96.7 Å². The number of rotatable bonds is 8. The monoisotopic (exact) mass is 410 g/mol. The number of pyridine rings is 1. The van der Waals surface area contributed by atoms with Gasteiger partial charge in [0.2, 0.25) is 5.88 Å². The summed E-state index contributed by atoms with van der Waals surface area (Å²) in [6.07, 6.45) is 0.457. The maximum Gasteiger partial charge on any atom is 0.392 e. The number of ether oxygens (including phenoxy) is 2. The van der Waals surface area contributed by atoms with E-state index in [4.69, 9.17) is 14.9 Å². The second-order valence-electron chi connectivity index (χ2n) is 6.05. The lowest BCUT2D eigenvalue weighted by atomic mass is 10.0. The number of alkyl halides is 3. The van der Waals surface area contributed by atoms with Gasteiger partial charge in [-0.3, -0.25) is 0 Å². The zero-order chi connectivity index (χ0) is 21.4. The molecule has 0 radical (unpaired) electrons. The molecule has 1 aliphatic heterocycles. The van der Waals surface area contributed by atoms with Gasteiger partial charge in [-0.2, -0.15) is 13.2 Å². The standard InChI is InChI=1S/C19H21F3N4O3/c1-3-28-18(27)16-14(15(23)4-6-25-16)11-24-9-13-8-12(2)17(26-10-13)29-7-5-19(20,21)22/h4,6,8,10-11,23-24H,3,5,7,9H2,1-2H3/b14-11+,23-15?. The molecule has 0 bridgehead atoms. The van der Waals surface area contributed by atoms with Crippen molar-refractivity contribution in [2.24, 2.45) is 4.99 Å². The largest absolute Gasteiger partial charge is 0.477 e. The maximum atomic E-state index is 12.2. The Labute approximate surface area is 165 Å². The van der Waals surface area contributed by atoms with Crippen molar-refractivity contribution in [3.05, 3.63) is 47.4 Å². The summed E-state index contributed by atoms with van der Waals surface area (Å²) in [5.41, 5.74) is 1.78. The summed E-state index contributed by atoms with van der Waals surface area (Å²) in [4.78, 5) is 20.0. The molecule has 0 aromatic carbocycles. The Morgan fingerprint density at radius 1 is 1.38 bits per heavy atom. The number of carbonyl (C=O) groups is 1. The molecule has 2 N–H and O–H groups in total. The van der Waals surface area contributed by atoms with Gasteiger partial charge in [0.15, 0.2) is 5.71 Å². The van der Waals surface area contributed by atoms with Crippen molar-refractivity contribution in [1.29, 1.82) is 5.41 Å². The average Bonchev–Trinajstić information content (AvgIpc) is 2.64. The van der Waals surface area contributed by atoms with Crippen LogP contribution in [-0.4, -0.2) is 41.8 Å². The quantitative estimate of drug-likeness (QED) is 0.642. The smallest absolute Gasteiger partial charge is 0.392 e. The van der Waals surface area contributed by atoms with Crippen molar-refractivity contribution in [3.63, 3.8) is 0 Å². The Balaban J connectivity index is 1.99. The normalized spacial score (nSPS) is 15.3. The van der Waals surface area contributed by atoms with Crippen molar-refractivity contribution < 1.29 is 27.4 Å². The molecule has 0 spiro atoms. The van der Waals surface area contributed by atoms with Gasteiger partial charge in [0.05, 0.1) is 25.3 Å². The Hall–Kier alpha value is -3.17. The molecule has 0 aliphatic carbocycles. The van der Waals surface area contributed by atoms with Gasteiger partial charge in [0, 0.05) is 36.3 Å². The van der Waals surface area contributed by atoms with E-state index in [-0.39, 0.29) is 23.9 Å². The SMILES string of the molecule is CCOC(=O)C1=NC=CC(=N)/C1=C\NCc1cnc(OCCC(F)(F)F)c(C)c1. The molecule has 2 heterocycles. The van der Waals surface area contributed by atoms with Crippen LogP contribution >= 0.6 is 0 Å². The lowest BCUT2D eigenvalue weighted by Gasteiger charge is -2.13. The van der Waals surface area contributed by atoms with E-state index < -0.39 is 25.2 Å². The van der Waals surface area contributed by atoms with Crippen molar-refractivity contribution in [1.82, 2.24) is 10.3 Å². The lowest BCUT2D eigenvalue weighted by Crippen LogP contribution is -2.26. The highest BCUT2D eigenvalue weighted by Gasteiger charge is 2.27. The zero-order valence-electron chi connectivity index (χ0n) is 16.0. The van der Waals surface area contributed by atoms with Crippen LogP contribution in [0.3, 0.4) is 0 Å². The highest BCUT2D eigenvalue weighted by atomic mass is 19.4. The minimum Gasteiger partial charge on any atom is -0.477 e. The number of aromatic nitrogens is 1. The van der Waals surface area contributed by atoms with E-state index in [9.17, 15) is 18.0 Å². The molecule has 0 atom stereocenters. The number of halogens is 3. The number of nitrogens with zero attached hydrogens (tertiary/aromatic N) is 2. The third-order valence-corrected chi connectivity index (χ3v) is 3.72. The lowest BCUT2D eigenvalue weighted by molar-refractivity contribution is -0.139. The van der Waals surface area contributed by atoms with Gasteiger partial charge < -0.3 is 20.2 Å². The highest BCUT2D eigenvalue weighted by Crippen LogP contribution is 2.21. The fourth-order valence-corrected chi connectivity index (χ4v) is 2.38. The van der Waals surface area contributed by atoms with E-state index in [0.29, 0.717) is 17.7 Å². The fourth-order valence-electron chi connectivity index (χ4n) is 2.38. The van der Waals surface area contributed by atoms with Crippen molar-refractivity contribution in [3.8, 4) is 5.88 Å². The molecule has 0 unspecified atom stereocenters. The molecule has 7 nitrogen and oxygen atoms in total. The van der Waals surface area contributed by atoms with Crippen molar-refractivity contribution in [2.45, 2.75) is 33.0 Å². The van der Waals surface area contributed by atoms with Gasteiger partial charge in [-0.05, 0) is 31.6 Å². The van der Waals surface area contributed by atoms with Gasteiger partial charge in [-0.25, -0.2) is 14.8 Å². The molecule has 0 saturated carbocycles. The molecule has 10 heteroatoms. The van der Waals surface area contributed by atoms with E-state index in [1.54, 1.807) is 19.9 Å². The van der Waals surface area contributed by atoms with Crippen molar-refractivity contribution >= 4 is 17.4 Å². The van der Waals surface area contributed by atoms with Gasteiger partial charge in [0.25, 0.3) is 0 Å². The summed E-state index contributed by atoms with van der Waals surface area (Å²) in [7, 11) is 0. The Bertz CT molecular complexity index is 861. The van der Waals surface area contributed by atoms with E-state index in [2.05, 4.69) is 15.3 Å². The van der Waals surface area contributed by atoms with E-state index in [1.807, 2.05) is 0 Å². The highest BCUT2D eigenvalue weighted by molar-refractivity contribution is 6.51. The number of hydrogen-bond acceptors (Lipinski definition) is 7. The third-order valence-electron chi connectivity index (χ3n) is 3.72. The first-order chi connectivity index (χ1) is 13.7. The number of esters is 1. The second kappa shape index (κ2) is 9.85. The summed E-state index contributed by atoms with van der Waals surface area (Å²) in [6.45, 7) is 3.37. The number of allylic oxidation sites excluding steroid dienone is 1. The third kappa shape index (κ3) is 6.74. The van der Waals surface area contributed by atoms with Crippen LogP contribution in [0.15, 0.2) is 41.3 Å². The molecule has 0 saturated heterocycles. The van der Waals surface area contributed by atoms with Crippen LogP contribution in [0.1, 0.15) is 24.5 Å². The molecule has 29 heavy (non-hydrogen) atoms. The first-order valence-corrected chi connectivity index (χ1v) is 8.80. The number of hydrogen-bond donors (Lipinski definition) is 2. The molecule has 1 aromatic heterocycles. The van der Waals surface area contributed by atoms with Crippen LogP contribution in [0, 0.1) is 12.3 Å². The Kier molecular flexibility index (Phi) is 7.52. The maximum absolute atomic E-state index is 12.2. The summed E-state index contributed by atoms with van der Waals surface area (Å²) in [5.74, 6) is -0.472. The molecule has 1 aliphatic rings. The minimum absolute atomic E-state index is 0.0366. The molecular weight excluding hydrogens is 389 g/mol. The van der Waals surface area contributed by atoms with Crippen LogP contribution < -0.4 is 10.1 Å². The average molecular weight is 410 g/mol. The van der Waals surface area contributed by atoms with Crippen molar-refractivity contribution in [2.75, 3.05) is 13.2 Å². The second-order valence-corrected chi connectivity index (χ2v) is 6.05. The summed E-state index contributed by atoms with van der Waals surface area (Å²) >= 11 is 0. The van der Waals surface area contributed by atoms with Gasteiger partial charge in [-0.1, -0.05) is 0 Å². The van der Waals surface area contributed by atoms with Crippen LogP contribution in [-0.2, 0) is 16.1 Å². The molecule has 0 amide bonds. The molecule has 0 fully saturated rings. The molecule has 156 valence electrons. The first-order valence-electron chi connectivity index (χ1n) is 8.80. The van der Waals surface area contributed by atoms with E-state index in [1.165, 1.54) is 24.7 Å². The van der Waals surface area contributed by atoms with Gasteiger partial charge in [0.1, 0.15) is 0 Å². The zero-order valence-corrected chi connectivity index (χ0v) is 16.0. The number of carbonyl (C=O) groups excluding carboxylic acids is 1. The van der Waals surface area contributed by atoms with Crippen LogP contribution in [0.2, 0.25) is 0 Å². The fraction of sp³-hybridized carbons (Fsp3) is 0.368. The Morgan fingerprint density at radius 2 is 2.14 bits per heavy atom. The van der Waals surface area contributed by atoms with Gasteiger partial charge in [-0.15, -0.1) is 0 Å². The predicted molar refractivity (Wildman–Crippen MR) is 101 cm³/mol. The summed E-state index contributed by atoms with van der Waals surface area (Å²) in [5, 5.41) is 10.9. The van der Waals surface area contributed by atoms with Gasteiger partial charge >= 0.3 is 12.1 Å². The molecule has 1 aromatic rings. The summed E-state index contributed by atoms with van der Waals surface area (Å²) < 4.78 is 46.6. The number of aryl methyl sites for hydroxylation is 1. The van der Waals surface area contributed by atoms with Crippen LogP contribution in [0.25, 0.3) is 0 Å². The first kappa shape index (κ1) is 22.1. The van der Waals surface area contributed by atoms with Crippen LogP contribution in [0.4, 0.5) is 13.2 Å². The Morgan fingerprint density at radius 3 is 2.79 bits per heavy atom. The number of nitrogens with one attached hydrogen (secondary N) is 2. The van der Waals surface area contributed by atoms with E-state index in [0.717, 1.165) is 5.56 Å². The van der Waals surface area contributed by atoms with Crippen LogP contribution in [0.5, 0.6) is 5.88 Å². The molecular formula is C19H21F3N4O3. The van der Waals surface area contributed by atoms with E-state index >= 15 is 0 Å². The predicted octanol–water partition coefficient (Wildman–Crippen LogP) is 3.25. The minimum atomic E-state index is -4.28. The number of aliphatic imine (C=N–C) groups is 1. The summed E-state index contributed by atoms with van der Waals surface area (Å²) in [6, 6.07) is 1.73. The molecule has 2 rings (SSSR count).